The van der Waals surface area contributed by atoms with Crippen molar-refractivity contribution in [3.05, 3.63) is 0 Å². The van der Waals surface area contributed by atoms with Crippen LogP contribution in [0.5, 0.6) is 0 Å². The van der Waals surface area contributed by atoms with Crippen molar-refractivity contribution in [3.8, 4) is 0 Å². The van der Waals surface area contributed by atoms with Gasteiger partial charge in [-0.2, -0.15) is 0 Å². The minimum absolute atomic E-state index is 0.0259. The number of hydrogen-bond acceptors (Lipinski definition) is 5. The van der Waals surface area contributed by atoms with E-state index in [0.29, 0.717) is 13.0 Å². The predicted octanol–water partition coefficient (Wildman–Crippen LogP) is -1.27. The van der Waals surface area contributed by atoms with Crippen LogP contribution in [0, 0.1) is 5.92 Å². The summed E-state index contributed by atoms with van der Waals surface area (Å²) in [6.45, 7) is 2.28. The number of rotatable bonds is 4. The van der Waals surface area contributed by atoms with E-state index < -0.39 is 9.84 Å². The fourth-order valence-electron chi connectivity index (χ4n) is 1.93. The van der Waals surface area contributed by atoms with E-state index in [1.807, 2.05) is 11.9 Å². The van der Waals surface area contributed by atoms with E-state index in [1.165, 1.54) is 0 Å². The molecule has 94 valence electrons. The summed E-state index contributed by atoms with van der Waals surface area (Å²) in [6, 6.07) is 0.0259. The van der Waals surface area contributed by atoms with E-state index >= 15 is 0 Å². The second kappa shape index (κ2) is 5.11. The van der Waals surface area contributed by atoms with Crippen LogP contribution in [0.25, 0.3) is 0 Å². The summed E-state index contributed by atoms with van der Waals surface area (Å²) in [7, 11) is -1.03. The van der Waals surface area contributed by atoms with E-state index in [0.717, 1.165) is 0 Å². The molecule has 7 heteroatoms. The van der Waals surface area contributed by atoms with Crippen molar-refractivity contribution in [2.24, 2.45) is 11.8 Å². The average Bonchev–Trinajstić information content (AvgIpc) is 2.57. The molecule has 3 N–H and O–H groups in total. The smallest absolute Gasteiger partial charge is 0.237 e. The van der Waals surface area contributed by atoms with E-state index in [4.69, 9.17) is 5.84 Å². The minimum atomic E-state index is -2.87. The van der Waals surface area contributed by atoms with Crippen LogP contribution in [0.1, 0.15) is 13.3 Å². The highest BCUT2D eigenvalue weighted by molar-refractivity contribution is 7.91. The maximum atomic E-state index is 11.3. The summed E-state index contributed by atoms with van der Waals surface area (Å²) in [4.78, 5) is 13.1. The highest BCUT2D eigenvalue weighted by Gasteiger charge is 2.31. The van der Waals surface area contributed by atoms with Gasteiger partial charge in [0, 0.05) is 18.5 Å². The largest absolute Gasteiger partial charge is 0.302 e. The molecule has 2 unspecified atom stereocenters. The lowest BCUT2D eigenvalue weighted by molar-refractivity contribution is -0.125. The van der Waals surface area contributed by atoms with Crippen molar-refractivity contribution >= 4 is 15.7 Å². The van der Waals surface area contributed by atoms with E-state index in [-0.39, 0.29) is 29.4 Å². The highest BCUT2D eigenvalue weighted by atomic mass is 32.2. The molecular weight excluding hydrogens is 230 g/mol. The Morgan fingerprint density at radius 1 is 1.62 bits per heavy atom. The third-order valence-electron chi connectivity index (χ3n) is 2.98. The van der Waals surface area contributed by atoms with Gasteiger partial charge in [0.25, 0.3) is 0 Å². The molecule has 0 saturated carbocycles. The van der Waals surface area contributed by atoms with E-state index in [9.17, 15) is 13.2 Å². The lowest BCUT2D eigenvalue weighted by Gasteiger charge is -2.25. The molecule has 1 fully saturated rings. The third-order valence-corrected chi connectivity index (χ3v) is 4.73. The van der Waals surface area contributed by atoms with Gasteiger partial charge in [-0.25, -0.2) is 14.3 Å². The van der Waals surface area contributed by atoms with E-state index in [2.05, 4.69) is 5.43 Å². The molecule has 0 radical (unpaired) electrons. The van der Waals surface area contributed by atoms with Crippen molar-refractivity contribution in [2.75, 3.05) is 25.1 Å². The molecule has 0 aliphatic carbocycles. The Morgan fingerprint density at radius 3 is 2.69 bits per heavy atom. The number of amides is 1. The Labute approximate surface area is 96.1 Å². The lowest BCUT2D eigenvalue weighted by atomic mass is 10.1. The second-order valence-corrected chi connectivity index (χ2v) is 6.63. The number of nitrogens with two attached hydrogens (primary N) is 1. The monoisotopic (exact) mass is 249 g/mol. The number of carbonyl (C=O) groups excluding carboxylic acids is 1. The molecule has 6 nitrogen and oxygen atoms in total. The Bertz CT molecular complexity index is 355. The zero-order valence-electron chi connectivity index (χ0n) is 9.64. The first kappa shape index (κ1) is 13.4. The molecule has 0 aromatic rings. The topological polar surface area (TPSA) is 92.5 Å². The van der Waals surface area contributed by atoms with E-state index in [1.54, 1.807) is 6.92 Å². The van der Waals surface area contributed by atoms with Crippen molar-refractivity contribution in [1.82, 2.24) is 10.3 Å². The van der Waals surface area contributed by atoms with Crippen LogP contribution in [-0.4, -0.2) is 50.4 Å². The fraction of sp³-hybridized carbons (Fsp3) is 0.889. The third kappa shape index (κ3) is 3.43. The van der Waals surface area contributed by atoms with Gasteiger partial charge in [0.1, 0.15) is 0 Å². The number of hydrogen-bond donors (Lipinski definition) is 2. The van der Waals surface area contributed by atoms with Gasteiger partial charge in [0.15, 0.2) is 9.84 Å². The summed E-state index contributed by atoms with van der Waals surface area (Å²) in [5.41, 5.74) is 2.09. The Balaban J connectivity index is 2.47. The molecule has 0 aromatic heterocycles. The Kier molecular flexibility index (Phi) is 4.28. The van der Waals surface area contributed by atoms with Crippen LogP contribution < -0.4 is 11.3 Å². The average molecular weight is 249 g/mol. The normalized spacial score (nSPS) is 25.6. The summed E-state index contributed by atoms with van der Waals surface area (Å²) >= 11 is 0. The van der Waals surface area contributed by atoms with Crippen molar-refractivity contribution in [1.29, 1.82) is 0 Å². The molecule has 1 aliphatic rings. The predicted molar refractivity (Wildman–Crippen MR) is 61.2 cm³/mol. The molecule has 0 bridgehead atoms. The molecule has 1 rings (SSSR count). The number of carbonyl (C=O) groups is 1. The molecule has 0 spiro atoms. The number of nitrogens with zero attached hydrogens (tertiary/aromatic N) is 1. The number of hydrazine groups is 1. The van der Waals surface area contributed by atoms with Gasteiger partial charge in [-0.15, -0.1) is 0 Å². The summed E-state index contributed by atoms with van der Waals surface area (Å²) in [6.07, 6.45) is 0.649. The van der Waals surface area contributed by atoms with Gasteiger partial charge >= 0.3 is 0 Å². The van der Waals surface area contributed by atoms with Gasteiger partial charge in [-0.3, -0.25) is 10.2 Å². The lowest BCUT2D eigenvalue weighted by Crippen LogP contribution is -2.42. The van der Waals surface area contributed by atoms with Crippen LogP contribution in [-0.2, 0) is 14.6 Å². The van der Waals surface area contributed by atoms with Crippen molar-refractivity contribution in [2.45, 2.75) is 19.4 Å². The summed E-state index contributed by atoms with van der Waals surface area (Å²) in [5.74, 6) is 5.01. The van der Waals surface area contributed by atoms with Crippen molar-refractivity contribution < 1.29 is 13.2 Å². The Hall–Kier alpha value is -0.660. The Morgan fingerprint density at radius 2 is 2.25 bits per heavy atom. The summed E-state index contributed by atoms with van der Waals surface area (Å²) < 4.78 is 22.6. The van der Waals surface area contributed by atoms with Gasteiger partial charge in [-0.1, -0.05) is 6.92 Å². The number of sulfone groups is 1. The molecule has 1 aliphatic heterocycles. The molecule has 0 aromatic carbocycles. The first-order chi connectivity index (χ1) is 7.35. The molecule has 1 amide bonds. The zero-order valence-corrected chi connectivity index (χ0v) is 10.5. The van der Waals surface area contributed by atoms with Gasteiger partial charge in [0.2, 0.25) is 5.91 Å². The van der Waals surface area contributed by atoms with Crippen LogP contribution >= 0.6 is 0 Å². The minimum Gasteiger partial charge on any atom is -0.302 e. The molecule has 1 heterocycles. The summed E-state index contributed by atoms with van der Waals surface area (Å²) in [5, 5.41) is 0. The molecular formula is C9H19N3O3S. The second-order valence-electron chi connectivity index (χ2n) is 4.41. The zero-order chi connectivity index (χ0) is 12.3. The highest BCUT2D eigenvalue weighted by Crippen LogP contribution is 2.17. The first-order valence-corrected chi connectivity index (χ1v) is 7.09. The maximum Gasteiger partial charge on any atom is 0.237 e. The molecule has 2 atom stereocenters. The fourth-order valence-corrected chi connectivity index (χ4v) is 3.73. The van der Waals surface area contributed by atoms with Crippen molar-refractivity contribution in [3.63, 3.8) is 0 Å². The number of nitrogens with one attached hydrogen (secondary N) is 1. The maximum absolute atomic E-state index is 11.3. The van der Waals surface area contributed by atoms with Gasteiger partial charge in [0.05, 0.1) is 11.5 Å². The van der Waals surface area contributed by atoms with Gasteiger partial charge in [-0.05, 0) is 13.5 Å². The van der Waals surface area contributed by atoms with Crippen LogP contribution in [0.2, 0.25) is 0 Å². The van der Waals surface area contributed by atoms with Crippen LogP contribution in [0.3, 0.4) is 0 Å². The quantitative estimate of drug-likeness (QED) is 0.368. The van der Waals surface area contributed by atoms with Gasteiger partial charge < -0.3 is 4.90 Å². The standard InChI is InChI=1S/C9H19N3O3S/c1-7(9(13)11-10)5-12(2)8-3-4-16(14,15)6-8/h7-8H,3-6,10H2,1-2H3,(H,11,13). The van der Waals surface area contributed by atoms with Crippen LogP contribution in [0.15, 0.2) is 0 Å². The first-order valence-electron chi connectivity index (χ1n) is 5.27. The molecule has 16 heavy (non-hydrogen) atoms. The van der Waals surface area contributed by atoms with Crippen LogP contribution in [0.4, 0.5) is 0 Å². The molecule has 1 saturated heterocycles. The SMILES string of the molecule is CC(CN(C)C1CCS(=O)(=O)C1)C(=O)NN.